The highest BCUT2D eigenvalue weighted by Crippen LogP contribution is 2.10. The third kappa shape index (κ3) is 4.64. The van der Waals surface area contributed by atoms with Crippen LogP contribution >= 0.6 is 0 Å². The molecule has 110 valence electrons. The summed E-state index contributed by atoms with van der Waals surface area (Å²) >= 11 is 0. The molecule has 4 N–H and O–H groups in total. The predicted molar refractivity (Wildman–Crippen MR) is 77.7 cm³/mol. The fourth-order valence-corrected chi connectivity index (χ4v) is 1.88. The van der Waals surface area contributed by atoms with E-state index < -0.39 is 5.97 Å². The van der Waals surface area contributed by atoms with E-state index in [2.05, 4.69) is 10.4 Å². The molecule has 0 fully saturated rings. The molecule has 7 nitrogen and oxygen atoms in total. The Morgan fingerprint density at radius 1 is 1.38 bits per heavy atom. The number of amides is 1. The predicted octanol–water partition coefficient (Wildman–Crippen LogP) is 1.12. The first kappa shape index (κ1) is 14.6. The SMILES string of the molecule is Nc1cccc(CCC(=O)Nc2cnn(CC(=O)O)c2)c1. The Balaban J connectivity index is 1.84. The van der Waals surface area contributed by atoms with Gasteiger partial charge in [0.15, 0.2) is 0 Å². The first-order valence-corrected chi connectivity index (χ1v) is 6.41. The number of anilines is 2. The molecule has 0 saturated carbocycles. The molecule has 0 saturated heterocycles. The highest BCUT2D eigenvalue weighted by atomic mass is 16.4. The zero-order chi connectivity index (χ0) is 15.2. The van der Waals surface area contributed by atoms with Crippen LogP contribution in [0.1, 0.15) is 12.0 Å². The van der Waals surface area contributed by atoms with E-state index in [-0.39, 0.29) is 12.5 Å². The number of carbonyl (C=O) groups is 2. The van der Waals surface area contributed by atoms with Gasteiger partial charge in [0.1, 0.15) is 6.54 Å². The number of hydrogen-bond donors (Lipinski definition) is 3. The highest BCUT2D eigenvalue weighted by Gasteiger charge is 2.07. The Morgan fingerprint density at radius 3 is 2.90 bits per heavy atom. The van der Waals surface area contributed by atoms with Crippen LogP contribution in [-0.4, -0.2) is 26.8 Å². The number of carbonyl (C=O) groups excluding carboxylic acids is 1. The number of rotatable bonds is 6. The van der Waals surface area contributed by atoms with E-state index in [4.69, 9.17) is 10.8 Å². The lowest BCUT2D eigenvalue weighted by molar-refractivity contribution is -0.137. The fraction of sp³-hybridized carbons (Fsp3) is 0.214. The summed E-state index contributed by atoms with van der Waals surface area (Å²) < 4.78 is 1.25. The molecular formula is C14H16N4O3. The number of carboxylic acids is 1. The normalized spacial score (nSPS) is 10.3. The number of carboxylic acid groups (broad SMARTS) is 1. The topological polar surface area (TPSA) is 110 Å². The molecule has 0 aliphatic rings. The first-order valence-electron chi connectivity index (χ1n) is 6.41. The summed E-state index contributed by atoms with van der Waals surface area (Å²) in [4.78, 5) is 22.3. The van der Waals surface area contributed by atoms with E-state index >= 15 is 0 Å². The second-order valence-corrected chi connectivity index (χ2v) is 4.61. The summed E-state index contributed by atoms with van der Waals surface area (Å²) in [5.74, 6) is -1.15. The minimum absolute atomic E-state index is 0.160. The zero-order valence-electron chi connectivity index (χ0n) is 11.3. The fourth-order valence-electron chi connectivity index (χ4n) is 1.88. The number of aryl methyl sites for hydroxylation is 1. The van der Waals surface area contributed by atoms with E-state index in [0.717, 1.165) is 5.56 Å². The third-order valence-corrected chi connectivity index (χ3v) is 2.81. The summed E-state index contributed by atoms with van der Waals surface area (Å²) in [6.45, 7) is -0.237. The van der Waals surface area contributed by atoms with Crippen molar-refractivity contribution in [2.75, 3.05) is 11.1 Å². The second kappa shape index (κ2) is 6.56. The lowest BCUT2D eigenvalue weighted by Gasteiger charge is -2.03. The van der Waals surface area contributed by atoms with Crippen molar-refractivity contribution in [3.63, 3.8) is 0 Å². The van der Waals surface area contributed by atoms with Gasteiger partial charge >= 0.3 is 5.97 Å². The summed E-state index contributed by atoms with van der Waals surface area (Å²) in [5, 5.41) is 15.2. The number of aromatic nitrogens is 2. The van der Waals surface area contributed by atoms with Crippen LogP contribution in [0.15, 0.2) is 36.7 Å². The zero-order valence-corrected chi connectivity index (χ0v) is 11.3. The summed E-state index contributed by atoms with van der Waals surface area (Å²) in [6.07, 6.45) is 3.79. The Hall–Kier alpha value is -2.83. The maximum Gasteiger partial charge on any atom is 0.325 e. The van der Waals surface area contributed by atoms with Gasteiger partial charge in [-0.25, -0.2) is 0 Å². The van der Waals surface area contributed by atoms with Gasteiger partial charge in [0.05, 0.1) is 11.9 Å². The van der Waals surface area contributed by atoms with Crippen LogP contribution in [0.2, 0.25) is 0 Å². The molecule has 0 aliphatic carbocycles. The molecule has 2 aromatic rings. The van der Waals surface area contributed by atoms with Crippen LogP contribution < -0.4 is 11.1 Å². The van der Waals surface area contributed by atoms with Gasteiger partial charge in [-0.1, -0.05) is 12.1 Å². The molecule has 1 aromatic heterocycles. The molecule has 0 radical (unpaired) electrons. The van der Waals surface area contributed by atoms with E-state index in [1.165, 1.54) is 17.1 Å². The number of benzene rings is 1. The molecule has 0 atom stereocenters. The summed E-state index contributed by atoms with van der Waals surface area (Å²) in [7, 11) is 0. The van der Waals surface area contributed by atoms with Crippen molar-refractivity contribution in [2.45, 2.75) is 19.4 Å². The van der Waals surface area contributed by atoms with E-state index in [9.17, 15) is 9.59 Å². The van der Waals surface area contributed by atoms with Crippen LogP contribution in [-0.2, 0) is 22.6 Å². The number of aliphatic carboxylic acids is 1. The first-order chi connectivity index (χ1) is 10.0. The number of hydrogen-bond acceptors (Lipinski definition) is 4. The molecule has 0 unspecified atom stereocenters. The van der Waals surface area contributed by atoms with Gasteiger partial charge in [0.25, 0.3) is 0 Å². The van der Waals surface area contributed by atoms with Gasteiger partial charge in [0, 0.05) is 18.3 Å². The van der Waals surface area contributed by atoms with Crippen LogP contribution in [0.3, 0.4) is 0 Å². The van der Waals surface area contributed by atoms with Gasteiger partial charge in [-0.05, 0) is 24.1 Å². The monoisotopic (exact) mass is 288 g/mol. The summed E-state index contributed by atoms with van der Waals surface area (Å²) in [5.41, 5.74) is 7.81. The van der Waals surface area contributed by atoms with E-state index in [1.54, 1.807) is 6.07 Å². The van der Waals surface area contributed by atoms with Crippen molar-refractivity contribution in [3.05, 3.63) is 42.2 Å². The Bertz CT molecular complexity index is 651. The van der Waals surface area contributed by atoms with Gasteiger partial charge in [-0.15, -0.1) is 0 Å². The quantitative estimate of drug-likeness (QED) is 0.690. The van der Waals surface area contributed by atoms with Crippen molar-refractivity contribution in [1.82, 2.24) is 9.78 Å². The maximum absolute atomic E-state index is 11.8. The number of nitrogens with two attached hydrogens (primary N) is 1. The average molecular weight is 288 g/mol. The Morgan fingerprint density at radius 2 is 2.19 bits per heavy atom. The molecule has 0 bridgehead atoms. The highest BCUT2D eigenvalue weighted by molar-refractivity contribution is 5.90. The number of nitrogens with one attached hydrogen (secondary N) is 1. The lowest BCUT2D eigenvalue weighted by atomic mass is 10.1. The van der Waals surface area contributed by atoms with Crippen LogP contribution in [0.25, 0.3) is 0 Å². The van der Waals surface area contributed by atoms with Crippen molar-refractivity contribution in [2.24, 2.45) is 0 Å². The van der Waals surface area contributed by atoms with Gasteiger partial charge in [0.2, 0.25) is 5.91 Å². The Kier molecular flexibility index (Phi) is 4.55. The number of nitrogen functional groups attached to an aromatic ring is 1. The van der Waals surface area contributed by atoms with Crippen LogP contribution in [0.5, 0.6) is 0 Å². The molecule has 0 aliphatic heterocycles. The minimum atomic E-state index is -0.988. The van der Waals surface area contributed by atoms with Gasteiger partial charge < -0.3 is 16.2 Å². The van der Waals surface area contributed by atoms with E-state index in [0.29, 0.717) is 24.2 Å². The molecular weight excluding hydrogens is 272 g/mol. The molecule has 1 heterocycles. The van der Waals surface area contributed by atoms with Crippen molar-refractivity contribution in [3.8, 4) is 0 Å². The van der Waals surface area contributed by atoms with Crippen molar-refractivity contribution < 1.29 is 14.7 Å². The smallest absolute Gasteiger partial charge is 0.325 e. The number of nitrogens with zero attached hydrogens (tertiary/aromatic N) is 2. The third-order valence-electron chi connectivity index (χ3n) is 2.81. The molecule has 1 aromatic carbocycles. The van der Waals surface area contributed by atoms with Crippen LogP contribution in [0, 0.1) is 0 Å². The van der Waals surface area contributed by atoms with Crippen molar-refractivity contribution in [1.29, 1.82) is 0 Å². The minimum Gasteiger partial charge on any atom is -0.480 e. The van der Waals surface area contributed by atoms with Crippen LogP contribution in [0.4, 0.5) is 11.4 Å². The Labute approximate surface area is 121 Å². The standard InChI is InChI=1S/C14H16N4O3/c15-11-3-1-2-10(6-11)4-5-13(19)17-12-7-16-18(8-12)9-14(20)21/h1-3,6-8H,4-5,9,15H2,(H,17,19)(H,20,21). The molecule has 7 heteroatoms. The molecule has 21 heavy (non-hydrogen) atoms. The lowest BCUT2D eigenvalue weighted by Crippen LogP contribution is -2.12. The van der Waals surface area contributed by atoms with E-state index in [1.807, 2.05) is 18.2 Å². The second-order valence-electron chi connectivity index (χ2n) is 4.61. The largest absolute Gasteiger partial charge is 0.480 e. The van der Waals surface area contributed by atoms with Crippen molar-refractivity contribution >= 4 is 23.3 Å². The molecule has 2 rings (SSSR count). The summed E-state index contributed by atoms with van der Waals surface area (Å²) in [6, 6.07) is 7.38. The maximum atomic E-state index is 11.8. The van der Waals surface area contributed by atoms with Gasteiger partial charge in [-0.3, -0.25) is 14.3 Å². The molecule has 1 amide bonds. The average Bonchev–Trinajstić information content (AvgIpc) is 2.83. The van der Waals surface area contributed by atoms with Gasteiger partial charge in [-0.2, -0.15) is 5.10 Å². The molecule has 0 spiro atoms.